The second kappa shape index (κ2) is 5.96. The number of hydrogen-bond donors (Lipinski definition) is 1. The topological polar surface area (TPSA) is 42.1 Å². The number of nitrogens with zero attached hydrogens (tertiary/aromatic N) is 2. The van der Waals surface area contributed by atoms with E-state index >= 15 is 0 Å². The number of anilines is 1. The molecule has 2 aromatic rings. The van der Waals surface area contributed by atoms with Gasteiger partial charge in [-0.05, 0) is 30.2 Å². The summed E-state index contributed by atoms with van der Waals surface area (Å²) in [4.78, 5) is 6.28. The van der Waals surface area contributed by atoms with Crippen LogP contribution in [0.3, 0.4) is 0 Å². The number of nitrogens with two attached hydrogens (primary N) is 1. The van der Waals surface area contributed by atoms with Gasteiger partial charge in [-0.1, -0.05) is 6.07 Å². The van der Waals surface area contributed by atoms with Crippen molar-refractivity contribution in [1.29, 1.82) is 0 Å². The number of rotatable bonds is 2. The number of piperidine rings is 1. The van der Waals surface area contributed by atoms with Crippen LogP contribution in [-0.2, 0) is 0 Å². The van der Waals surface area contributed by atoms with Crippen LogP contribution >= 0.6 is 0 Å². The Morgan fingerprint density at radius 3 is 2.55 bits per heavy atom. The van der Waals surface area contributed by atoms with Crippen molar-refractivity contribution in [2.75, 3.05) is 18.0 Å². The third kappa shape index (κ3) is 2.78. The van der Waals surface area contributed by atoms with Crippen LogP contribution in [0.25, 0.3) is 0 Å². The Balaban J connectivity index is 1.80. The SMILES string of the molecule is N[C@H]1CN(c2ccccn2)CC[C@@H]1c1cc(F)c(F)cc1F. The third-order valence-electron chi connectivity index (χ3n) is 4.07. The molecule has 0 radical (unpaired) electrons. The monoisotopic (exact) mass is 307 g/mol. The highest BCUT2D eigenvalue weighted by Crippen LogP contribution is 2.31. The van der Waals surface area contributed by atoms with E-state index in [0.717, 1.165) is 11.9 Å². The zero-order valence-electron chi connectivity index (χ0n) is 11.8. The molecule has 1 aromatic heterocycles. The van der Waals surface area contributed by atoms with E-state index in [2.05, 4.69) is 4.98 Å². The molecule has 1 aromatic carbocycles. The molecule has 116 valence electrons. The minimum atomic E-state index is -1.18. The van der Waals surface area contributed by atoms with Gasteiger partial charge in [0.25, 0.3) is 0 Å². The molecular weight excluding hydrogens is 291 g/mol. The Morgan fingerprint density at radius 1 is 1.09 bits per heavy atom. The van der Waals surface area contributed by atoms with E-state index in [1.54, 1.807) is 6.20 Å². The van der Waals surface area contributed by atoms with Gasteiger partial charge < -0.3 is 10.6 Å². The Labute approximate surface area is 126 Å². The predicted molar refractivity (Wildman–Crippen MR) is 78.1 cm³/mol. The molecule has 22 heavy (non-hydrogen) atoms. The predicted octanol–water partition coefficient (Wildman–Crippen LogP) is 2.82. The molecule has 0 unspecified atom stereocenters. The number of hydrogen-bond acceptors (Lipinski definition) is 3. The summed E-state index contributed by atoms with van der Waals surface area (Å²) < 4.78 is 40.3. The van der Waals surface area contributed by atoms with E-state index in [-0.39, 0.29) is 17.5 Å². The lowest BCUT2D eigenvalue weighted by molar-refractivity contribution is 0.416. The van der Waals surface area contributed by atoms with E-state index in [1.165, 1.54) is 0 Å². The highest BCUT2D eigenvalue weighted by atomic mass is 19.2. The van der Waals surface area contributed by atoms with Gasteiger partial charge in [0.05, 0.1) is 0 Å². The first kappa shape index (κ1) is 14.8. The first-order valence-electron chi connectivity index (χ1n) is 7.12. The van der Waals surface area contributed by atoms with E-state index in [0.29, 0.717) is 25.6 Å². The van der Waals surface area contributed by atoms with Crippen LogP contribution in [0.4, 0.5) is 19.0 Å². The van der Waals surface area contributed by atoms with Crippen molar-refractivity contribution in [3.8, 4) is 0 Å². The Morgan fingerprint density at radius 2 is 1.86 bits per heavy atom. The van der Waals surface area contributed by atoms with Gasteiger partial charge in [-0.15, -0.1) is 0 Å². The molecule has 0 spiro atoms. The van der Waals surface area contributed by atoms with Gasteiger partial charge in [0, 0.05) is 37.3 Å². The van der Waals surface area contributed by atoms with E-state index in [1.807, 2.05) is 23.1 Å². The smallest absolute Gasteiger partial charge is 0.161 e. The quantitative estimate of drug-likeness (QED) is 0.868. The van der Waals surface area contributed by atoms with Crippen molar-refractivity contribution in [2.45, 2.75) is 18.4 Å². The average molecular weight is 307 g/mol. The van der Waals surface area contributed by atoms with Crippen molar-refractivity contribution >= 4 is 5.82 Å². The van der Waals surface area contributed by atoms with Crippen LogP contribution in [0.5, 0.6) is 0 Å². The standard InChI is InChI=1S/C16H16F3N3/c17-12-8-14(19)13(18)7-11(12)10-4-6-22(9-15(10)20)16-3-1-2-5-21-16/h1-3,5,7-8,10,15H,4,6,9,20H2/t10-,15+/m1/s1. The van der Waals surface area contributed by atoms with Crippen LogP contribution in [0.1, 0.15) is 17.9 Å². The maximum Gasteiger partial charge on any atom is 0.161 e. The molecule has 2 atom stereocenters. The molecule has 2 heterocycles. The minimum Gasteiger partial charge on any atom is -0.355 e. The van der Waals surface area contributed by atoms with Gasteiger partial charge >= 0.3 is 0 Å². The number of halogens is 3. The summed E-state index contributed by atoms with van der Waals surface area (Å²) in [5.74, 6) is -2.50. The molecule has 1 fully saturated rings. The summed E-state index contributed by atoms with van der Waals surface area (Å²) in [6.45, 7) is 1.12. The summed E-state index contributed by atoms with van der Waals surface area (Å²) in [6.07, 6.45) is 2.25. The fourth-order valence-corrected chi connectivity index (χ4v) is 2.94. The molecule has 0 saturated carbocycles. The molecule has 1 aliphatic rings. The van der Waals surface area contributed by atoms with Crippen molar-refractivity contribution in [2.24, 2.45) is 5.73 Å². The molecule has 3 nitrogen and oxygen atoms in total. The van der Waals surface area contributed by atoms with Crippen molar-refractivity contribution in [1.82, 2.24) is 4.98 Å². The maximum atomic E-state index is 13.9. The lowest BCUT2D eigenvalue weighted by Crippen LogP contribution is -2.48. The summed E-state index contributed by atoms with van der Waals surface area (Å²) in [6, 6.07) is 6.72. The van der Waals surface area contributed by atoms with E-state index < -0.39 is 17.5 Å². The second-order valence-electron chi connectivity index (χ2n) is 5.48. The molecule has 0 bridgehead atoms. The molecular formula is C16H16F3N3. The zero-order valence-corrected chi connectivity index (χ0v) is 11.8. The van der Waals surface area contributed by atoms with Gasteiger partial charge in [-0.25, -0.2) is 18.2 Å². The van der Waals surface area contributed by atoms with Gasteiger partial charge in [-0.2, -0.15) is 0 Å². The first-order valence-corrected chi connectivity index (χ1v) is 7.12. The van der Waals surface area contributed by atoms with Crippen LogP contribution < -0.4 is 10.6 Å². The lowest BCUT2D eigenvalue weighted by Gasteiger charge is -2.37. The van der Waals surface area contributed by atoms with Crippen molar-refractivity contribution in [3.63, 3.8) is 0 Å². The maximum absolute atomic E-state index is 13.9. The molecule has 2 N–H and O–H groups in total. The van der Waals surface area contributed by atoms with Gasteiger partial charge in [-0.3, -0.25) is 0 Å². The lowest BCUT2D eigenvalue weighted by atomic mass is 9.85. The van der Waals surface area contributed by atoms with Crippen molar-refractivity contribution < 1.29 is 13.2 Å². The first-order chi connectivity index (χ1) is 10.6. The number of benzene rings is 1. The second-order valence-corrected chi connectivity index (χ2v) is 5.48. The fraction of sp³-hybridized carbons (Fsp3) is 0.312. The Kier molecular flexibility index (Phi) is 4.02. The molecule has 1 aliphatic heterocycles. The number of pyridine rings is 1. The summed E-state index contributed by atoms with van der Waals surface area (Å²) in [5, 5.41) is 0. The zero-order chi connectivity index (χ0) is 15.7. The largest absolute Gasteiger partial charge is 0.355 e. The highest BCUT2D eigenvalue weighted by molar-refractivity contribution is 5.40. The molecule has 3 rings (SSSR count). The summed E-state index contributed by atoms with van der Waals surface area (Å²) >= 11 is 0. The van der Waals surface area contributed by atoms with Crippen LogP contribution in [0, 0.1) is 17.5 Å². The van der Waals surface area contributed by atoms with Crippen molar-refractivity contribution in [3.05, 3.63) is 59.5 Å². The van der Waals surface area contributed by atoms with Crippen LogP contribution in [0.2, 0.25) is 0 Å². The third-order valence-corrected chi connectivity index (χ3v) is 4.07. The molecule has 0 amide bonds. The average Bonchev–Trinajstić information content (AvgIpc) is 2.52. The van der Waals surface area contributed by atoms with E-state index in [4.69, 9.17) is 5.73 Å². The van der Waals surface area contributed by atoms with Gasteiger partial charge in [0.1, 0.15) is 11.6 Å². The summed E-state index contributed by atoms with van der Waals surface area (Å²) in [7, 11) is 0. The number of aromatic nitrogens is 1. The van der Waals surface area contributed by atoms with Gasteiger partial charge in [0.2, 0.25) is 0 Å². The van der Waals surface area contributed by atoms with Crippen LogP contribution in [-0.4, -0.2) is 24.1 Å². The Hall–Kier alpha value is -2.08. The Bertz CT molecular complexity index is 663. The summed E-state index contributed by atoms with van der Waals surface area (Å²) in [5.41, 5.74) is 6.29. The molecule has 6 heteroatoms. The highest BCUT2D eigenvalue weighted by Gasteiger charge is 2.30. The molecule has 1 saturated heterocycles. The fourth-order valence-electron chi connectivity index (χ4n) is 2.94. The minimum absolute atomic E-state index is 0.145. The van der Waals surface area contributed by atoms with Crippen LogP contribution in [0.15, 0.2) is 36.5 Å². The van der Waals surface area contributed by atoms with E-state index in [9.17, 15) is 13.2 Å². The van der Waals surface area contributed by atoms with Gasteiger partial charge in [0.15, 0.2) is 11.6 Å². The normalized spacial score (nSPS) is 21.9. The molecule has 0 aliphatic carbocycles.